The van der Waals surface area contributed by atoms with Gasteiger partial charge < -0.3 is 20.1 Å². The summed E-state index contributed by atoms with van der Waals surface area (Å²) in [5, 5.41) is 25.8. The zero-order valence-electron chi connectivity index (χ0n) is 5.14. The van der Waals surface area contributed by atoms with Crippen LogP contribution >= 0.6 is 0 Å². The molecule has 0 aromatic heterocycles. The highest BCUT2D eigenvalue weighted by molar-refractivity contribution is 4.85. The molecule has 10 heavy (non-hydrogen) atoms. The highest BCUT2D eigenvalue weighted by Gasteiger charge is 2.42. The van der Waals surface area contributed by atoms with Crippen molar-refractivity contribution in [2.24, 2.45) is 0 Å². The van der Waals surface area contributed by atoms with Crippen molar-refractivity contribution < 1.29 is 24.4 Å². The maximum Gasteiger partial charge on any atom is 0.189 e. The highest BCUT2D eigenvalue weighted by Crippen LogP contribution is 2.21. The summed E-state index contributed by atoms with van der Waals surface area (Å²) in [5.74, 6) is 0. The lowest BCUT2D eigenvalue weighted by molar-refractivity contribution is -0.121. The van der Waals surface area contributed by atoms with E-state index in [2.05, 4.69) is 4.74 Å². The Morgan fingerprint density at radius 3 is 2.20 bits per heavy atom. The van der Waals surface area contributed by atoms with Gasteiger partial charge >= 0.3 is 0 Å². The fourth-order valence-electron chi connectivity index (χ4n) is 0.859. The summed E-state index contributed by atoms with van der Waals surface area (Å²) in [5.41, 5.74) is 0. The molecule has 1 aliphatic heterocycles. The Labute approximate surface area is 56.9 Å². The quantitative estimate of drug-likeness (QED) is 0.422. The van der Waals surface area contributed by atoms with Gasteiger partial charge in [0, 0.05) is 0 Å². The van der Waals surface area contributed by atoms with Gasteiger partial charge in [-0.1, -0.05) is 0 Å². The van der Waals surface area contributed by atoms with E-state index in [1.54, 1.807) is 0 Å². The van der Waals surface area contributed by atoms with E-state index in [0.717, 1.165) is 0 Å². The number of alkyl halides is 1. The smallest absolute Gasteiger partial charge is 0.189 e. The molecule has 1 saturated heterocycles. The molecule has 1 aliphatic rings. The monoisotopic (exact) mass is 151 g/mol. The lowest BCUT2D eigenvalue weighted by Gasteiger charge is -2.08. The van der Waals surface area contributed by atoms with Crippen LogP contribution in [0.1, 0.15) is 0 Å². The zero-order chi connectivity index (χ0) is 7.72. The van der Waals surface area contributed by atoms with Crippen molar-refractivity contribution in [2.75, 3.05) is 6.61 Å². The first-order valence-electron chi connectivity index (χ1n) is 2.93. The van der Waals surface area contributed by atoms with E-state index in [0.29, 0.717) is 0 Å². The van der Waals surface area contributed by atoms with Gasteiger partial charge in [-0.15, -0.1) is 0 Å². The van der Waals surface area contributed by atoms with Crippen LogP contribution < -0.4 is 0 Å². The lowest BCUT2D eigenvalue weighted by Crippen LogP contribution is -2.30. The molecule has 0 radical (unpaired) electrons. The molecule has 1 rings (SSSR count). The van der Waals surface area contributed by atoms with Crippen LogP contribution in [0.4, 0.5) is 4.39 Å². The van der Waals surface area contributed by atoms with Crippen LogP contribution in [0.2, 0.25) is 0 Å². The van der Waals surface area contributed by atoms with Gasteiger partial charge in [-0.3, -0.25) is 0 Å². The van der Waals surface area contributed by atoms with Gasteiger partial charge in [-0.05, 0) is 0 Å². The van der Waals surface area contributed by atoms with Crippen molar-refractivity contribution >= 4 is 0 Å². The van der Waals surface area contributed by atoms with E-state index in [1.807, 2.05) is 0 Å². The molecular weight excluding hydrogens is 142 g/mol. The van der Waals surface area contributed by atoms with Crippen molar-refractivity contribution in [3.05, 3.63) is 0 Å². The Morgan fingerprint density at radius 2 is 2.00 bits per heavy atom. The molecule has 0 aliphatic carbocycles. The summed E-state index contributed by atoms with van der Waals surface area (Å²) in [4.78, 5) is 0. The van der Waals surface area contributed by atoms with Gasteiger partial charge in [-0.2, -0.15) is 0 Å². The number of aliphatic hydroxyl groups is 3. The van der Waals surface area contributed by atoms with E-state index in [1.165, 1.54) is 0 Å². The molecule has 1 unspecified atom stereocenters. The third-order valence-corrected chi connectivity index (χ3v) is 1.47. The molecule has 60 valence electrons. The van der Waals surface area contributed by atoms with Crippen molar-refractivity contribution in [3.63, 3.8) is 0 Å². The first-order valence-corrected chi connectivity index (χ1v) is 2.93. The van der Waals surface area contributed by atoms with Crippen molar-refractivity contribution in [3.8, 4) is 0 Å². The minimum absolute atomic E-state index is 0.487. The van der Waals surface area contributed by atoms with E-state index in [-0.39, 0.29) is 0 Å². The number of halogens is 1. The molecule has 0 saturated carbocycles. The summed E-state index contributed by atoms with van der Waals surface area (Å²) in [6, 6.07) is 0. The van der Waals surface area contributed by atoms with Gasteiger partial charge in [0.15, 0.2) is 12.5 Å². The second-order valence-electron chi connectivity index (χ2n) is 2.18. The SMILES string of the molecule is OC[C@H]1O[C@@H](O)[C@H]([18F])C1O. The van der Waals surface area contributed by atoms with Crippen LogP contribution in [-0.4, -0.2) is 46.6 Å². The molecule has 0 spiro atoms. The molecule has 0 amide bonds. The molecule has 4 nitrogen and oxygen atoms in total. The number of hydrogen-bond donors (Lipinski definition) is 3. The first-order chi connectivity index (χ1) is 4.66. The van der Waals surface area contributed by atoms with Crippen molar-refractivity contribution in [1.29, 1.82) is 0 Å². The standard InChI is InChI=1S/C5H9FO4/c6-3-4(8)2(1-7)10-5(3)9/h2-5,7-9H,1H2/t2-,3-,4?,5-/m1/s1/i6-1. The first kappa shape index (κ1) is 7.87. The molecule has 5 heteroatoms. The van der Waals surface area contributed by atoms with E-state index >= 15 is 0 Å². The fourth-order valence-corrected chi connectivity index (χ4v) is 0.859. The maximum atomic E-state index is 12.4. The van der Waals surface area contributed by atoms with Gasteiger partial charge in [0.1, 0.15) is 12.2 Å². The minimum atomic E-state index is -1.81. The molecular formula is C5H9FO4. The Balaban J connectivity index is 2.53. The van der Waals surface area contributed by atoms with Gasteiger partial charge in [-0.25, -0.2) is 4.39 Å². The summed E-state index contributed by atoms with van der Waals surface area (Å²) in [6.45, 7) is -0.487. The fraction of sp³-hybridized carbons (Fsp3) is 1.00. The molecule has 1 heterocycles. The minimum Gasteiger partial charge on any atom is -0.394 e. The van der Waals surface area contributed by atoms with Crippen LogP contribution in [0.5, 0.6) is 0 Å². The van der Waals surface area contributed by atoms with Crippen LogP contribution in [0.3, 0.4) is 0 Å². The largest absolute Gasteiger partial charge is 0.394 e. The highest BCUT2D eigenvalue weighted by atomic mass is 18.2. The zero-order valence-corrected chi connectivity index (χ0v) is 5.14. The second-order valence-corrected chi connectivity index (χ2v) is 2.18. The topological polar surface area (TPSA) is 69.9 Å². The average molecular weight is 151 g/mol. The van der Waals surface area contributed by atoms with E-state index < -0.39 is 31.3 Å². The molecule has 0 aromatic rings. The van der Waals surface area contributed by atoms with Crippen LogP contribution in [0.15, 0.2) is 0 Å². The van der Waals surface area contributed by atoms with E-state index in [9.17, 15) is 4.39 Å². The normalized spacial score (nSPS) is 48.0. The number of hydrogen-bond acceptors (Lipinski definition) is 4. The predicted octanol–water partition coefficient (Wildman–Crippen LogP) is -1.61. The molecule has 4 atom stereocenters. The number of aliphatic hydroxyl groups excluding tert-OH is 3. The van der Waals surface area contributed by atoms with Crippen molar-refractivity contribution in [2.45, 2.75) is 24.7 Å². The van der Waals surface area contributed by atoms with Gasteiger partial charge in [0.25, 0.3) is 0 Å². The Morgan fingerprint density at radius 1 is 1.40 bits per heavy atom. The second kappa shape index (κ2) is 2.79. The Kier molecular flexibility index (Phi) is 2.20. The number of rotatable bonds is 1. The third-order valence-electron chi connectivity index (χ3n) is 1.47. The summed E-state index contributed by atoms with van der Waals surface area (Å²) in [6.07, 6.45) is -5.82. The van der Waals surface area contributed by atoms with Gasteiger partial charge in [0.05, 0.1) is 6.61 Å². The maximum absolute atomic E-state index is 12.4. The molecule has 0 bridgehead atoms. The Bertz CT molecular complexity index is 120. The van der Waals surface area contributed by atoms with Crippen LogP contribution in [0, 0.1) is 0 Å². The third kappa shape index (κ3) is 1.13. The average Bonchev–Trinajstić information content (AvgIpc) is 2.17. The molecule has 0 aromatic carbocycles. The number of ether oxygens (including phenoxy) is 1. The molecule has 3 N–H and O–H groups in total. The van der Waals surface area contributed by atoms with E-state index in [4.69, 9.17) is 15.3 Å². The van der Waals surface area contributed by atoms with Crippen molar-refractivity contribution in [1.82, 2.24) is 0 Å². The predicted molar refractivity (Wildman–Crippen MR) is 28.9 cm³/mol. The summed E-state index contributed by atoms with van der Waals surface area (Å²) < 4.78 is 16.8. The summed E-state index contributed by atoms with van der Waals surface area (Å²) >= 11 is 0. The summed E-state index contributed by atoms with van der Waals surface area (Å²) in [7, 11) is 0. The van der Waals surface area contributed by atoms with Gasteiger partial charge in [0.2, 0.25) is 0 Å². The Hall–Kier alpha value is -0.230. The molecule has 1 fully saturated rings. The van der Waals surface area contributed by atoms with Crippen LogP contribution in [0.25, 0.3) is 0 Å². The van der Waals surface area contributed by atoms with Crippen LogP contribution in [-0.2, 0) is 4.74 Å². The lowest BCUT2D eigenvalue weighted by atomic mass is 10.2.